The molecule has 0 saturated heterocycles. The fourth-order valence-electron chi connectivity index (χ4n) is 2.91. The Kier molecular flexibility index (Phi) is 7.41. The summed E-state index contributed by atoms with van der Waals surface area (Å²) in [5, 5.41) is 14.9. The Balaban J connectivity index is 2.42. The van der Waals surface area contributed by atoms with E-state index in [0.717, 1.165) is 44.9 Å². The first kappa shape index (κ1) is 16.8. The maximum Gasteiger partial charge on any atom is 0.315 e. The Morgan fingerprint density at radius 1 is 1.20 bits per heavy atom. The van der Waals surface area contributed by atoms with E-state index in [1.54, 1.807) is 0 Å². The van der Waals surface area contributed by atoms with Crippen molar-refractivity contribution in [2.75, 3.05) is 0 Å². The van der Waals surface area contributed by atoms with Gasteiger partial charge in [-0.2, -0.15) is 0 Å². The number of urea groups is 1. The quantitative estimate of drug-likeness (QED) is 0.641. The van der Waals surface area contributed by atoms with Crippen molar-refractivity contribution >= 4 is 12.0 Å². The first-order chi connectivity index (χ1) is 9.58. The highest BCUT2D eigenvalue weighted by Crippen LogP contribution is 2.25. The van der Waals surface area contributed by atoms with Crippen molar-refractivity contribution in [2.45, 2.75) is 77.3 Å². The molecule has 5 heteroatoms. The van der Waals surface area contributed by atoms with E-state index in [4.69, 9.17) is 5.11 Å². The maximum atomic E-state index is 12.0. The topological polar surface area (TPSA) is 78.4 Å². The summed E-state index contributed by atoms with van der Waals surface area (Å²) in [5.74, 6) is -1.23. The van der Waals surface area contributed by atoms with Gasteiger partial charge >= 0.3 is 12.0 Å². The van der Waals surface area contributed by atoms with Crippen LogP contribution in [-0.4, -0.2) is 29.2 Å². The summed E-state index contributed by atoms with van der Waals surface area (Å²) in [7, 11) is 0. The van der Waals surface area contributed by atoms with Crippen molar-refractivity contribution in [2.24, 2.45) is 5.92 Å². The van der Waals surface area contributed by atoms with Gasteiger partial charge in [0.05, 0.1) is 5.92 Å². The molecule has 3 unspecified atom stereocenters. The SMILES string of the molecule is CCCCC(CCC)NC(=O)NC1CCCC1C(=O)O. The number of nitrogens with one attached hydrogen (secondary N) is 2. The average Bonchev–Trinajstić information content (AvgIpc) is 2.84. The second-order valence-corrected chi connectivity index (χ2v) is 5.73. The summed E-state index contributed by atoms with van der Waals surface area (Å²) in [4.78, 5) is 23.1. The molecule has 3 atom stereocenters. The van der Waals surface area contributed by atoms with Crippen LogP contribution in [0.1, 0.15) is 65.2 Å². The molecule has 1 aliphatic rings. The Morgan fingerprint density at radius 2 is 1.95 bits per heavy atom. The van der Waals surface area contributed by atoms with Crippen LogP contribution in [0.4, 0.5) is 4.79 Å². The van der Waals surface area contributed by atoms with Crippen LogP contribution in [0.2, 0.25) is 0 Å². The second-order valence-electron chi connectivity index (χ2n) is 5.73. The minimum Gasteiger partial charge on any atom is -0.481 e. The van der Waals surface area contributed by atoms with Crippen LogP contribution in [0.25, 0.3) is 0 Å². The number of amides is 2. The molecule has 0 bridgehead atoms. The molecule has 1 aliphatic carbocycles. The largest absolute Gasteiger partial charge is 0.481 e. The zero-order chi connectivity index (χ0) is 15.0. The van der Waals surface area contributed by atoms with E-state index in [0.29, 0.717) is 6.42 Å². The first-order valence-electron chi connectivity index (χ1n) is 7.88. The summed E-state index contributed by atoms with van der Waals surface area (Å²) >= 11 is 0. The lowest BCUT2D eigenvalue weighted by Crippen LogP contribution is -2.48. The minimum atomic E-state index is -0.802. The van der Waals surface area contributed by atoms with E-state index in [2.05, 4.69) is 24.5 Å². The van der Waals surface area contributed by atoms with Crippen molar-refractivity contribution in [1.29, 1.82) is 0 Å². The fraction of sp³-hybridized carbons (Fsp3) is 0.867. The summed E-state index contributed by atoms with van der Waals surface area (Å²) < 4.78 is 0. The molecule has 2 amide bonds. The highest BCUT2D eigenvalue weighted by Gasteiger charge is 2.34. The van der Waals surface area contributed by atoms with Gasteiger partial charge in [0.1, 0.15) is 0 Å². The molecule has 0 aromatic carbocycles. The third kappa shape index (κ3) is 5.39. The molecular formula is C15H28N2O3. The van der Waals surface area contributed by atoms with Gasteiger partial charge in [0.25, 0.3) is 0 Å². The average molecular weight is 284 g/mol. The van der Waals surface area contributed by atoms with Gasteiger partial charge in [-0.1, -0.05) is 39.5 Å². The molecule has 0 heterocycles. The molecule has 0 spiro atoms. The van der Waals surface area contributed by atoms with Crippen LogP contribution in [0.15, 0.2) is 0 Å². The van der Waals surface area contributed by atoms with E-state index in [-0.39, 0.29) is 18.1 Å². The third-order valence-corrected chi connectivity index (χ3v) is 4.03. The number of rotatable bonds is 8. The second kappa shape index (κ2) is 8.82. The Labute approximate surface area is 121 Å². The van der Waals surface area contributed by atoms with Crippen molar-refractivity contribution in [3.8, 4) is 0 Å². The predicted molar refractivity (Wildman–Crippen MR) is 78.7 cm³/mol. The van der Waals surface area contributed by atoms with Gasteiger partial charge in [-0.15, -0.1) is 0 Å². The van der Waals surface area contributed by atoms with Gasteiger partial charge in [-0.05, 0) is 25.7 Å². The number of unbranched alkanes of at least 4 members (excludes halogenated alkanes) is 1. The van der Waals surface area contributed by atoms with E-state index in [1.165, 1.54) is 0 Å². The molecule has 1 rings (SSSR count). The van der Waals surface area contributed by atoms with Crippen LogP contribution < -0.4 is 10.6 Å². The molecule has 0 aromatic heterocycles. The fourth-order valence-corrected chi connectivity index (χ4v) is 2.91. The molecule has 20 heavy (non-hydrogen) atoms. The Hall–Kier alpha value is -1.26. The standard InChI is InChI=1S/C15H28N2O3/c1-3-5-8-11(7-4-2)16-15(20)17-13-10-6-9-12(13)14(18)19/h11-13H,3-10H2,1-2H3,(H,18,19)(H2,16,17,20). The molecule has 1 saturated carbocycles. The van der Waals surface area contributed by atoms with Crippen LogP contribution in [0, 0.1) is 5.92 Å². The van der Waals surface area contributed by atoms with E-state index in [9.17, 15) is 9.59 Å². The number of hydrogen-bond acceptors (Lipinski definition) is 2. The third-order valence-electron chi connectivity index (χ3n) is 4.03. The molecule has 0 aliphatic heterocycles. The Bertz CT molecular complexity index is 320. The number of carbonyl (C=O) groups excluding carboxylic acids is 1. The van der Waals surface area contributed by atoms with Crippen molar-refractivity contribution in [1.82, 2.24) is 10.6 Å². The van der Waals surface area contributed by atoms with Gasteiger partial charge in [0, 0.05) is 12.1 Å². The molecule has 1 fully saturated rings. The lowest BCUT2D eigenvalue weighted by atomic mass is 10.0. The van der Waals surface area contributed by atoms with Gasteiger partial charge in [0.2, 0.25) is 0 Å². The summed E-state index contributed by atoms with van der Waals surface area (Å²) in [5.41, 5.74) is 0. The van der Waals surface area contributed by atoms with Crippen LogP contribution >= 0.6 is 0 Å². The van der Waals surface area contributed by atoms with Crippen molar-refractivity contribution in [3.63, 3.8) is 0 Å². The zero-order valence-electron chi connectivity index (χ0n) is 12.7. The van der Waals surface area contributed by atoms with Crippen molar-refractivity contribution in [3.05, 3.63) is 0 Å². The van der Waals surface area contributed by atoms with E-state index < -0.39 is 11.9 Å². The summed E-state index contributed by atoms with van der Waals surface area (Å²) in [6.45, 7) is 4.25. The number of carboxylic acid groups (broad SMARTS) is 1. The number of aliphatic carboxylic acids is 1. The van der Waals surface area contributed by atoms with Crippen LogP contribution in [-0.2, 0) is 4.79 Å². The molecule has 0 radical (unpaired) electrons. The van der Waals surface area contributed by atoms with Gasteiger partial charge < -0.3 is 15.7 Å². The van der Waals surface area contributed by atoms with Crippen LogP contribution in [0.5, 0.6) is 0 Å². The number of carboxylic acids is 1. The van der Waals surface area contributed by atoms with E-state index >= 15 is 0 Å². The minimum absolute atomic E-state index is 0.199. The van der Waals surface area contributed by atoms with Gasteiger partial charge in [0.15, 0.2) is 0 Å². The normalized spacial score (nSPS) is 23.3. The molecule has 0 aromatic rings. The number of carbonyl (C=O) groups is 2. The van der Waals surface area contributed by atoms with Crippen LogP contribution in [0.3, 0.4) is 0 Å². The zero-order valence-corrected chi connectivity index (χ0v) is 12.7. The van der Waals surface area contributed by atoms with Gasteiger partial charge in [-0.3, -0.25) is 4.79 Å². The summed E-state index contributed by atoms with van der Waals surface area (Å²) in [6, 6.07) is -0.233. The first-order valence-corrected chi connectivity index (χ1v) is 7.88. The maximum absolute atomic E-state index is 12.0. The van der Waals surface area contributed by atoms with Gasteiger partial charge in [-0.25, -0.2) is 4.79 Å². The van der Waals surface area contributed by atoms with E-state index in [1.807, 2.05) is 0 Å². The lowest BCUT2D eigenvalue weighted by molar-refractivity contribution is -0.142. The molecular weight excluding hydrogens is 256 g/mol. The Morgan fingerprint density at radius 3 is 2.55 bits per heavy atom. The molecule has 3 N–H and O–H groups in total. The smallest absolute Gasteiger partial charge is 0.315 e. The monoisotopic (exact) mass is 284 g/mol. The lowest BCUT2D eigenvalue weighted by Gasteiger charge is -2.22. The van der Waals surface area contributed by atoms with Crippen molar-refractivity contribution < 1.29 is 14.7 Å². The summed E-state index contributed by atoms with van der Waals surface area (Å²) in [6.07, 6.45) is 7.52. The highest BCUT2D eigenvalue weighted by molar-refractivity contribution is 5.77. The predicted octanol–water partition coefficient (Wildman–Crippen LogP) is 2.90. The molecule has 5 nitrogen and oxygen atoms in total. The highest BCUT2D eigenvalue weighted by atomic mass is 16.4. The number of hydrogen-bond donors (Lipinski definition) is 3. The molecule has 116 valence electrons.